The van der Waals surface area contributed by atoms with Crippen LogP contribution in [0.4, 0.5) is 5.69 Å². The number of carboxylic acids is 1. The molecule has 0 unspecified atom stereocenters. The SMILES string of the molecule is CCCOc1ccc([C@@H](CC(=O)[O-])NC(=O)c2ccc([N+](=O)[O-])cc2Cl)cc1. The molecule has 0 aromatic heterocycles. The van der Waals surface area contributed by atoms with Gasteiger partial charge in [-0.05, 0) is 30.2 Å². The number of nitrogens with one attached hydrogen (secondary N) is 1. The molecule has 148 valence electrons. The van der Waals surface area contributed by atoms with Crippen LogP contribution < -0.4 is 15.2 Å². The van der Waals surface area contributed by atoms with Gasteiger partial charge in [0.1, 0.15) is 5.75 Å². The Morgan fingerprint density at radius 3 is 2.43 bits per heavy atom. The molecule has 9 heteroatoms. The minimum absolute atomic E-state index is 0.00138. The Labute approximate surface area is 166 Å². The van der Waals surface area contributed by atoms with Crippen LogP contribution in [0.2, 0.25) is 5.02 Å². The van der Waals surface area contributed by atoms with Crippen molar-refractivity contribution in [2.24, 2.45) is 0 Å². The number of hydrogen-bond acceptors (Lipinski definition) is 6. The number of amides is 1. The minimum atomic E-state index is -1.34. The lowest BCUT2D eigenvalue weighted by Crippen LogP contribution is -2.34. The topological polar surface area (TPSA) is 122 Å². The number of nitrogens with zero attached hydrogens (tertiary/aromatic N) is 1. The molecule has 0 fully saturated rings. The van der Waals surface area contributed by atoms with Gasteiger partial charge in [0.2, 0.25) is 0 Å². The number of benzene rings is 2. The van der Waals surface area contributed by atoms with Crippen molar-refractivity contribution in [3.63, 3.8) is 0 Å². The fourth-order valence-corrected chi connectivity index (χ4v) is 2.73. The smallest absolute Gasteiger partial charge is 0.270 e. The molecule has 2 aromatic carbocycles. The van der Waals surface area contributed by atoms with E-state index in [1.165, 1.54) is 6.07 Å². The first-order chi connectivity index (χ1) is 13.3. The fraction of sp³-hybridized carbons (Fsp3) is 0.263. The zero-order valence-electron chi connectivity index (χ0n) is 15.0. The summed E-state index contributed by atoms with van der Waals surface area (Å²) in [5.74, 6) is -1.37. The molecule has 1 atom stereocenters. The van der Waals surface area contributed by atoms with E-state index in [4.69, 9.17) is 16.3 Å². The summed E-state index contributed by atoms with van der Waals surface area (Å²) < 4.78 is 5.48. The van der Waals surface area contributed by atoms with Crippen LogP contribution >= 0.6 is 11.6 Å². The number of ether oxygens (including phenoxy) is 1. The number of nitro benzene ring substituents is 1. The number of rotatable bonds is 9. The third-order valence-electron chi connectivity index (χ3n) is 3.84. The zero-order chi connectivity index (χ0) is 20.7. The molecule has 0 bridgehead atoms. The Morgan fingerprint density at radius 2 is 1.89 bits per heavy atom. The summed E-state index contributed by atoms with van der Waals surface area (Å²) in [5, 5.41) is 24.4. The van der Waals surface area contributed by atoms with Gasteiger partial charge in [0, 0.05) is 24.5 Å². The lowest BCUT2D eigenvalue weighted by molar-refractivity contribution is -0.384. The highest BCUT2D eigenvalue weighted by molar-refractivity contribution is 6.34. The highest BCUT2D eigenvalue weighted by Crippen LogP contribution is 2.25. The maximum Gasteiger partial charge on any atom is 0.270 e. The molecule has 2 aromatic rings. The number of halogens is 1. The number of nitro groups is 1. The van der Waals surface area contributed by atoms with Crippen molar-refractivity contribution in [1.29, 1.82) is 0 Å². The molecule has 1 amide bonds. The lowest BCUT2D eigenvalue weighted by atomic mass is 10.0. The zero-order valence-corrected chi connectivity index (χ0v) is 15.8. The predicted octanol–water partition coefficient (Wildman–Crippen LogP) is 2.65. The quantitative estimate of drug-likeness (QED) is 0.505. The van der Waals surface area contributed by atoms with E-state index in [1.54, 1.807) is 24.3 Å². The first kappa shape index (κ1) is 21.2. The monoisotopic (exact) mass is 405 g/mol. The Kier molecular flexibility index (Phi) is 7.34. The first-order valence-corrected chi connectivity index (χ1v) is 8.87. The third-order valence-corrected chi connectivity index (χ3v) is 4.15. The molecule has 0 spiro atoms. The highest BCUT2D eigenvalue weighted by Gasteiger charge is 2.20. The number of carbonyl (C=O) groups is 2. The second-order valence-corrected chi connectivity index (χ2v) is 6.35. The van der Waals surface area contributed by atoms with Crippen molar-refractivity contribution in [2.75, 3.05) is 6.61 Å². The van der Waals surface area contributed by atoms with E-state index in [2.05, 4.69) is 5.32 Å². The van der Waals surface area contributed by atoms with E-state index >= 15 is 0 Å². The maximum absolute atomic E-state index is 12.5. The molecule has 0 aliphatic carbocycles. The average Bonchev–Trinajstić information content (AvgIpc) is 2.65. The van der Waals surface area contributed by atoms with Gasteiger partial charge in [0.15, 0.2) is 0 Å². The van der Waals surface area contributed by atoms with Crippen LogP contribution in [0.15, 0.2) is 42.5 Å². The average molecular weight is 406 g/mol. The summed E-state index contributed by atoms with van der Waals surface area (Å²) in [4.78, 5) is 33.8. The van der Waals surface area contributed by atoms with Gasteiger partial charge in [-0.15, -0.1) is 0 Å². The summed E-state index contributed by atoms with van der Waals surface area (Å²) in [6.45, 7) is 2.53. The van der Waals surface area contributed by atoms with Gasteiger partial charge in [-0.25, -0.2) is 0 Å². The molecule has 28 heavy (non-hydrogen) atoms. The summed E-state index contributed by atoms with van der Waals surface area (Å²) >= 11 is 5.96. The van der Waals surface area contributed by atoms with Crippen molar-refractivity contribution in [3.8, 4) is 5.75 Å². The Bertz CT molecular complexity index is 869. The predicted molar refractivity (Wildman–Crippen MR) is 100 cm³/mol. The normalized spacial score (nSPS) is 11.5. The molecule has 2 rings (SSSR count). The van der Waals surface area contributed by atoms with Crippen LogP contribution in [0.3, 0.4) is 0 Å². The summed E-state index contributed by atoms with van der Waals surface area (Å²) in [5.41, 5.74) is 0.286. The van der Waals surface area contributed by atoms with Gasteiger partial charge in [-0.2, -0.15) is 0 Å². The maximum atomic E-state index is 12.5. The molecular formula is C19H18ClN2O6-. The number of carboxylic acid groups (broad SMARTS) is 1. The summed E-state index contributed by atoms with van der Waals surface area (Å²) in [6.07, 6.45) is 0.395. The van der Waals surface area contributed by atoms with Gasteiger partial charge in [-0.3, -0.25) is 14.9 Å². The number of non-ortho nitro benzene ring substituents is 1. The molecule has 0 heterocycles. The van der Waals surface area contributed by atoms with Crippen LogP contribution in [0.1, 0.15) is 41.7 Å². The van der Waals surface area contributed by atoms with Crippen LogP contribution in [-0.2, 0) is 4.79 Å². The Hall–Kier alpha value is -3.13. The molecule has 1 N–H and O–H groups in total. The van der Waals surface area contributed by atoms with E-state index in [-0.39, 0.29) is 16.3 Å². The lowest BCUT2D eigenvalue weighted by Gasteiger charge is -2.20. The standard InChI is InChI=1S/C19H19ClN2O6/c1-2-9-28-14-6-3-12(4-7-14)17(11-18(23)24)21-19(25)15-8-5-13(22(26)27)10-16(15)20/h3-8,10,17H,2,9,11H2,1H3,(H,21,25)(H,23,24)/p-1/t17-/m1/s1. The molecule has 0 saturated carbocycles. The van der Waals surface area contributed by atoms with Gasteiger partial charge in [0.05, 0.1) is 28.2 Å². The van der Waals surface area contributed by atoms with Crippen molar-refractivity contribution in [3.05, 3.63) is 68.7 Å². The minimum Gasteiger partial charge on any atom is -0.550 e. The molecule has 0 saturated heterocycles. The second kappa shape index (κ2) is 9.70. The van der Waals surface area contributed by atoms with Gasteiger partial charge < -0.3 is 20.0 Å². The van der Waals surface area contributed by atoms with Crippen LogP contribution in [0.5, 0.6) is 5.75 Å². The molecule has 0 aliphatic rings. The third kappa shape index (κ3) is 5.68. The van der Waals surface area contributed by atoms with Gasteiger partial charge in [0.25, 0.3) is 11.6 Å². The fourth-order valence-electron chi connectivity index (χ4n) is 2.47. The Morgan fingerprint density at radius 1 is 1.21 bits per heavy atom. The van der Waals surface area contributed by atoms with Crippen LogP contribution in [-0.4, -0.2) is 23.4 Å². The largest absolute Gasteiger partial charge is 0.550 e. The van der Waals surface area contributed by atoms with E-state index in [0.717, 1.165) is 18.6 Å². The molecular weight excluding hydrogens is 388 g/mol. The van der Waals surface area contributed by atoms with E-state index in [1.807, 2.05) is 6.92 Å². The van der Waals surface area contributed by atoms with E-state index in [9.17, 15) is 24.8 Å². The van der Waals surface area contributed by atoms with E-state index in [0.29, 0.717) is 17.9 Å². The van der Waals surface area contributed by atoms with Crippen molar-refractivity contribution in [2.45, 2.75) is 25.8 Å². The molecule has 0 aliphatic heterocycles. The summed E-state index contributed by atoms with van der Waals surface area (Å²) in [7, 11) is 0. The number of hydrogen-bond donors (Lipinski definition) is 1. The van der Waals surface area contributed by atoms with Crippen molar-refractivity contribution < 1.29 is 24.4 Å². The van der Waals surface area contributed by atoms with Crippen molar-refractivity contribution >= 4 is 29.2 Å². The molecule has 8 nitrogen and oxygen atoms in total. The first-order valence-electron chi connectivity index (χ1n) is 8.49. The van der Waals surface area contributed by atoms with Gasteiger partial charge >= 0.3 is 0 Å². The van der Waals surface area contributed by atoms with Crippen molar-refractivity contribution in [1.82, 2.24) is 5.32 Å². The Balaban J connectivity index is 2.20. The number of aliphatic carboxylic acids is 1. The van der Waals surface area contributed by atoms with Crippen LogP contribution in [0.25, 0.3) is 0 Å². The molecule has 0 radical (unpaired) electrons. The van der Waals surface area contributed by atoms with E-state index < -0.39 is 29.3 Å². The highest BCUT2D eigenvalue weighted by atomic mass is 35.5. The van der Waals surface area contributed by atoms with Gasteiger partial charge in [-0.1, -0.05) is 30.7 Å². The van der Waals surface area contributed by atoms with Crippen LogP contribution in [0, 0.1) is 10.1 Å². The second-order valence-electron chi connectivity index (χ2n) is 5.94. The summed E-state index contributed by atoms with van der Waals surface area (Å²) in [6, 6.07) is 9.21. The number of carbonyl (C=O) groups excluding carboxylic acids is 2.